The van der Waals surface area contributed by atoms with Gasteiger partial charge in [0, 0.05) is 30.5 Å². The van der Waals surface area contributed by atoms with Gasteiger partial charge in [0.15, 0.2) is 0 Å². The van der Waals surface area contributed by atoms with Crippen molar-refractivity contribution >= 4 is 0 Å². The molecule has 0 saturated heterocycles. The van der Waals surface area contributed by atoms with Crippen LogP contribution in [0.1, 0.15) is 37.6 Å². The second-order valence-corrected chi connectivity index (χ2v) is 6.14. The Hall–Kier alpha value is -2.12. The van der Waals surface area contributed by atoms with E-state index in [0.29, 0.717) is 17.7 Å². The molecule has 0 atom stereocenters. The van der Waals surface area contributed by atoms with E-state index >= 15 is 0 Å². The molecule has 2 rings (SSSR count). The first kappa shape index (κ1) is 15.3. The molecule has 2 aromatic rings. The van der Waals surface area contributed by atoms with Crippen molar-refractivity contribution in [2.24, 2.45) is 0 Å². The topological polar surface area (TPSA) is 40.8 Å². The molecule has 0 unspecified atom stereocenters. The number of hydrogen-bond acceptors (Lipinski definition) is 2. The minimum atomic E-state index is -0.314. The molecule has 0 radical (unpaired) electrons. The minimum Gasteiger partial charge on any atom is -0.346 e. The van der Waals surface area contributed by atoms with E-state index in [1.807, 2.05) is 22.9 Å². The van der Waals surface area contributed by atoms with Gasteiger partial charge in [-0.05, 0) is 56.7 Å². The zero-order valence-corrected chi connectivity index (χ0v) is 12.7. The molecular formula is C17H20FN3. The Morgan fingerprint density at radius 3 is 2.71 bits per heavy atom. The summed E-state index contributed by atoms with van der Waals surface area (Å²) in [4.78, 5) is 0. The van der Waals surface area contributed by atoms with Crippen LogP contribution < -0.4 is 5.32 Å². The van der Waals surface area contributed by atoms with Crippen LogP contribution in [-0.2, 0) is 13.1 Å². The lowest BCUT2D eigenvalue weighted by atomic mass is 10.1. The molecule has 1 heterocycles. The van der Waals surface area contributed by atoms with Crippen molar-refractivity contribution in [1.82, 2.24) is 9.88 Å². The number of nitrogens with one attached hydrogen (secondary N) is 1. The van der Waals surface area contributed by atoms with E-state index in [-0.39, 0.29) is 11.4 Å². The van der Waals surface area contributed by atoms with E-state index in [1.165, 1.54) is 18.2 Å². The first-order valence-corrected chi connectivity index (χ1v) is 6.96. The Bertz CT molecular complexity index is 659. The predicted molar refractivity (Wildman–Crippen MR) is 81.2 cm³/mol. The van der Waals surface area contributed by atoms with Crippen LogP contribution >= 0.6 is 0 Å². The molecule has 0 aliphatic heterocycles. The van der Waals surface area contributed by atoms with E-state index in [1.54, 1.807) is 0 Å². The summed E-state index contributed by atoms with van der Waals surface area (Å²) in [6, 6.07) is 10.4. The van der Waals surface area contributed by atoms with Crippen LogP contribution in [0, 0.1) is 17.1 Å². The van der Waals surface area contributed by atoms with Crippen molar-refractivity contribution in [3.05, 3.63) is 59.2 Å². The highest BCUT2D eigenvalue weighted by Gasteiger charge is 2.11. The van der Waals surface area contributed by atoms with Crippen LogP contribution in [-0.4, -0.2) is 10.1 Å². The Morgan fingerprint density at radius 2 is 2.05 bits per heavy atom. The Morgan fingerprint density at radius 1 is 1.29 bits per heavy atom. The normalized spacial score (nSPS) is 11.4. The van der Waals surface area contributed by atoms with Gasteiger partial charge in [-0.3, -0.25) is 0 Å². The van der Waals surface area contributed by atoms with E-state index in [0.717, 1.165) is 12.2 Å². The van der Waals surface area contributed by atoms with Gasteiger partial charge in [-0.2, -0.15) is 5.26 Å². The van der Waals surface area contributed by atoms with Crippen molar-refractivity contribution in [1.29, 1.82) is 5.26 Å². The fraction of sp³-hybridized carbons (Fsp3) is 0.353. The standard InChI is InChI=1S/C17H20FN3/c1-17(2,3)20-11-16-5-4-8-21(16)12-14-9-15(18)7-6-13(14)10-19/h4-9,20H,11-12H2,1-3H3. The molecule has 0 bridgehead atoms. The van der Waals surface area contributed by atoms with Crippen LogP contribution in [0.5, 0.6) is 0 Å². The maximum Gasteiger partial charge on any atom is 0.123 e. The van der Waals surface area contributed by atoms with Gasteiger partial charge in [-0.25, -0.2) is 4.39 Å². The number of rotatable bonds is 4. The summed E-state index contributed by atoms with van der Waals surface area (Å²) in [5, 5.41) is 12.6. The maximum absolute atomic E-state index is 13.4. The molecule has 0 fully saturated rings. The zero-order chi connectivity index (χ0) is 15.5. The molecule has 0 aliphatic rings. The second kappa shape index (κ2) is 6.11. The molecule has 1 aromatic heterocycles. The zero-order valence-electron chi connectivity index (χ0n) is 12.7. The Kier molecular flexibility index (Phi) is 4.44. The van der Waals surface area contributed by atoms with Gasteiger partial charge >= 0.3 is 0 Å². The quantitative estimate of drug-likeness (QED) is 0.935. The summed E-state index contributed by atoms with van der Waals surface area (Å²) >= 11 is 0. The maximum atomic E-state index is 13.4. The first-order chi connectivity index (χ1) is 9.89. The highest BCUT2D eigenvalue weighted by molar-refractivity contribution is 5.38. The van der Waals surface area contributed by atoms with Gasteiger partial charge in [0.1, 0.15) is 5.82 Å². The Labute approximate surface area is 125 Å². The van der Waals surface area contributed by atoms with Gasteiger partial charge in [-0.1, -0.05) is 0 Å². The van der Waals surface area contributed by atoms with Crippen molar-refractivity contribution in [2.45, 2.75) is 39.4 Å². The van der Waals surface area contributed by atoms with Crippen molar-refractivity contribution in [2.75, 3.05) is 0 Å². The van der Waals surface area contributed by atoms with Crippen LogP contribution in [0.4, 0.5) is 4.39 Å². The summed E-state index contributed by atoms with van der Waals surface area (Å²) in [5.74, 6) is -0.314. The number of benzene rings is 1. The molecule has 1 N–H and O–H groups in total. The number of aromatic nitrogens is 1. The van der Waals surface area contributed by atoms with Crippen LogP contribution in [0.3, 0.4) is 0 Å². The molecule has 110 valence electrons. The fourth-order valence-electron chi connectivity index (χ4n) is 2.11. The lowest BCUT2D eigenvalue weighted by molar-refractivity contribution is 0.417. The summed E-state index contributed by atoms with van der Waals surface area (Å²) in [7, 11) is 0. The van der Waals surface area contributed by atoms with Crippen LogP contribution in [0.25, 0.3) is 0 Å². The third-order valence-electron chi connectivity index (χ3n) is 3.25. The van der Waals surface area contributed by atoms with Gasteiger partial charge in [-0.15, -0.1) is 0 Å². The fourth-order valence-corrected chi connectivity index (χ4v) is 2.11. The number of nitriles is 1. The summed E-state index contributed by atoms with van der Waals surface area (Å²) < 4.78 is 15.4. The third kappa shape index (κ3) is 4.17. The molecule has 4 heteroatoms. The molecule has 1 aromatic carbocycles. The van der Waals surface area contributed by atoms with Crippen molar-refractivity contribution in [3.63, 3.8) is 0 Å². The molecule has 0 spiro atoms. The van der Waals surface area contributed by atoms with Gasteiger partial charge < -0.3 is 9.88 Å². The SMILES string of the molecule is CC(C)(C)NCc1cccn1Cc1cc(F)ccc1C#N. The number of hydrogen-bond donors (Lipinski definition) is 1. The van der Waals surface area contributed by atoms with Gasteiger partial charge in [0.05, 0.1) is 11.6 Å². The van der Waals surface area contributed by atoms with Crippen molar-refractivity contribution < 1.29 is 4.39 Å². The van der Waals surface area contributed by atoms with E-state index < -0.39 is 0 Å². The number of halogens is 1. The van der Waals surface area contributed by atoms with E-state index in [2.05, 4.69) is 32.2 Å². The molecule has 3 nitrogen and oxygen atoms in total. The van der Waals surface area contributed by atoms with Crippen molar-refractivity contribution in [3.8, 4) is 6.07 Å². The monoisotopic (exact) mass is 285 g/mol. The highest BCUT2D eigenvalue weighted by atomic mass is 19.1. The largest absolute Gasteiger partial charge is 0.346 e. The molecule has 21 heavy (non-hydrogen) atoms. The second-order valence-electron chi connectivity index (χ2n) is 6.14. The highest BCUT2D eigenvalue weighted by Crippen LogP contribution is 2.14. The third-order valence-corrected chi connectivity index (χ3v) is 3.25. The average molecular weight is 285 g/mol. The molecular weight excluding hydrogens is 265 g/mol. The van der Waals surface area contributed by atoms with Gasteiger partial charge in [0.2, 0.25) is 0 Å². The average Bonchev–Trinajstić information content (AvgIpc) is 2.83. The van der Waals surface area contributed by atoms with E-state index in [4.69, 9.17) is 5.26 Å². The van der Waals surface area contributed by atoms with Crippen LogP contribution in [0.15, 0.2) is 36.5 Å². The molecule has 0 amide bonds. The summed E-state index contributed by atoms with van der Waals surface area (Å²) in [5.41, 5.74) is 2.36. The predicted octanol–water partition coefficient (Wildman–Crippen LogP) is 3.44. The summed E-state index contributed by atoms with van der Waals surface area (Å²) in [6.07, 6.45) is 1.95. The van der Waals surface area contributed by atoms with Crippen LogP contribution in [0.2, 0.25) is 0 Å². The first-order valence-electron chi connectivity index (χ1n) is 6.96. The smallest absolute Gasteiger partial charge is 0.123 e. The summed E-state index contributed by atoms with van der Waals surface area (Å²) in [6.45, 7) is 7.56. The lowest BCUT2D eigenvalue weighted by Crippen LogP contribution is -2.35. The van der Waals surface area contributed by atoms with E-state index in [9.17, 15) is 4.39 Å². The molecule has 0 aliphatic carbocycles. The van der Waals surface area contributed by atoms with Gasteiger partial charge in [0.25, 0.3) is 0 Å². The number of nitrogens with zero attached hydrogens (tertiary/aromatic N) is 2. The minimum absolute atomic E-state index is 0.0335. The lowest BCUT2D eigenvalue weighted by Gasteiger charge is -2.21. The Balaban J connectivity index is 2.20. The molecule has 0 saturated carbocycles.